The maximum atomic E-state index is 4.76. The van der Waals surface area contributed by atoms with Crippen LogP contribution in [-0.2, 0) is 0 Å². The summed E-state index contributed by atoms with van der Waals surface area (Å²) in [5.74, 6) is 3.15. The Bertz CT molecular complexity index is 707. The maximum Gasteiger partial charge on any atom is 0.249 e. The zero-order valence-electron chi connectivity index (χ0n) is 16.7. The highest BCUT2D eigenvalue weighted by molar-refractivity contribution is 5.65. The molecule has 0 saturated carbocycles. The molecule has 0 spiro atoms. The SMILES string of the molecule is CC1CCN(c2cnnc(Nc3c(C(C)C)cccc3C(C)C)n2)CC1. The van der Waals surface area contributed by atoms with Crippen LogP contribution in [0.2, 0.25) is 0 Å². The highest BCUT2D eigenvalue weighted by Crippen LogP contribution is 2.34. The van der Waals surface area contributed by atoms with E-state index >= 15 is 0 Å². The fraction of sp³-hybridized carbons (Fsp3) is 0.571. The topological polar surface area (TPSA) is 53.9 Å². The molecule has 0 radical (unpaired) electrons. The summed E-state index contributed by atoms with van der Waals surface area (Å²) in [5, 5.41) is 11.9. The van der Waals surface area contributed by atoms with E-state index in [1.807, 2.05) is 0 Å². The Kier molecular flexibility index (Phi) is 5.74. The molecule has 3 rings (SSSR count). The minimum absolute atomic E-state index is 0.427. The van der Waals surface area contributed by atoms with Crippen LogP contribution >= 0.6 is 0 Å². The molecule has 0 atom stereocenters. The number of nitrogens with one attached hydrogen (secondary N) is 1. The summed E-state index contributed by atoms with van der Waals surface area (Å²) in [6, 6.07) is 6.50. The summed E-state index contributed by atoms with van der Waals surface area (Å²) >= 11 is 0. The van der Waals surface area contributed by atoms with Crippen molar-refractivity contribution in [1.82, 2.24) is 15.2 Å². The quantitative estimate of drug-likeness (QED) is 0.810. The molecule has 1 N–H and O–H groups in total. The van der Waals surface area contributed by atoms with Gasteiger partial charge < -0.3 is 10.2 Å². The zero-order valence-corrected chi connectivity index (χ0v) is 16.7. The molecule has 2 heterocycles. The number of hydrogen-bond acceptors (Lipinski definition) is 5. The van der Waals surface area contributed by atoms with Gasteiger partial charge in [-0.05, 0) is 41.7 Å². The molecule has 0 unspecified atom stereocenters. The molecule has 5 heteroatoms. The Balaban J connectivity index is 1.89. The first-order valence-electron chi connectivity index (χ1n) is 9.80. The van der Waals surface area contributed by atoms with Crippen molar-refractivity contribution in [3.8, 4) is 0 Å². The van der Waals surface area contributed by atoms with E-state index in [-0.39, 0.29) is 0 Å². The van der Waals surface area contributed by atoms with Gasteiger partial charge in [-0.15, -0.1) is 5.10 Å². The van der Waals surface area contributed by atoms with Gasteiger partial charge in [0.1, 0.15) is 0 Å². The normalized spacial score (nSPS) is 15.7. The lowest BCUT2D eigenvalue weighted by molar-refractivity contribution is 0.436. The van der Waals surface area contributed by atoms with Crippen molar-refractivity contribution < 1.29 is 0 Å². The van der Waals surface area contributed by atoms with Gasteiger partial charge in [0.25, 0.3) is 0 Å². The average molecular weight is 354 g/mol. The first-order chi connectivity index (χ1) is 12.5. The van der Waals surface area contributed by atoms with E-state index in [1.54, 1.807) is 6.20 Å². The number of aromatic nitrogens is 3. The van der Waals surface area contributed by atoms with Crippen molar-refractivity contribution in [2.75, 3.05) is 23.3 Å². The zero-order chi connectivity index (χ0) is 18.7. The monoisotopic (exact) mass is 353 g/mol. The van der Waals surface area contributed by atoms with Crippen molar-refractivity contribution in [3.05, 3.63) is 35.5 Å². The molecular formula is C21H31N5. The fourth-order valence-corrected chi connectivity index (χ4v) is 3.55. The average Bonchev–Trinajstić information content (AvgIpc) is 2.62. The molecule has 1 aromatic carbocycles. The van der Waals surface area contributed by atoms with Gasteiger partial charge in [0.05, 0.1) is 6.20 Å². The molecule has 0 bridgehead atoms. The molecule has 140 valence electrons. The van der Waals surface area contributed by atoms with Crippen molar-refractivity contribution in [2.24, 2.45) is 5.92 Å². The van der Waals surface area contributed by atoms with Crippen molar-refractivity contribution in [1.29, 1.82) is 0 Å². The smallest absolute Gasteiger partial charge is 0.249 e. The minimum atomic E-state index is 0.427. The van der Waals surface area contributed by atoms with Crippen molar-refractivity contribution >= 4 is 17.5 Å². The number of para-hydroxylation sites is 1. The van der Waals surface area contributed by atoms with Gasteiger partial charge in [0, 0.05) is 18.8 Å². The van der Waals surface area contributed by atoms with Crippen LogP contribution in [0.5, 0.6) is 0 Å². The van der Waals surface area contributed by atoms with E-state index in [0.29, 0.717) is 17.8 Å². The third-order valence-electron chi connectivity index (χ3n) is 5.26. The number of benzene rings is 1. The van der Waals surface area contributed by atoms with Crippen molar-refractivity contribution in [2.45, 2.75) is 59.3 Å². The minimum Gasteiger partial charge on any atom is -0.355 e. The Labute approximate surface area is 157 Å². The molecular weight excluding hydrogens is 322 g/mol. The van der Waals surface area contributed by atoms with Gasteiger partial charge in [-0.2, -0.15) is 10.1 Å². The number of piperidine rings is 1. The third-order valence-corrected chi connectivity index (χ3v) is 5.26. The molecule has 1 fully saturated rings. The molecule has 1 aliphatic heterocycles. The second kappa shape index (κ2) is 8.02. The second-order valence-corrected chi connectivity index (χ2v) is 8.05. The summed E-state index contributed by atoms with van der Waals surface area (Å²) in [5.41, 5.74) is 3.71. The summed E-state index contributed by atoms with van der Waals surface area (Å²) in [4.78, 5) is 7.08. The van der Waals surface area contributed by atoms with Crippen LogP contribution in [0.3, 0.4) is 0 Å². The summed E-state index contributed by atoms with van der Waals surface area (Å²) in [6.45, 7) is 13.3. The first kappa shape index (κ1) is 18.6. The van der Waals surface area contributed by atoms with Crippen LogP contribution in [0.4, 0.5) is 17.5 Å². The summed E-state index contributed by atoms with van der Waals surface area (Å²) < 4.78 is 0. The number of hydrogen-bond donors (Lipinski definition) is 1. The lowest BCUT2D eigenvalue weighted by Crippen LogP contribution is -2.33. The van der Waals surface area contributed by atoms with Crippen molar-refractivity contribution in [3.63, 3.8) is 0 Å². The molecule has 26 heavy (non-hydrogen) atoms. The van der Waals surface area contributed by atoms with Gasteiger partial charge in [-0.1, -0.05) is 52.8 Å². The molecule has 0 aliphatic carbocycles. The van der Waals surface area contributed by atoms with Crippen LogP contribution in [-0.4, -0.2) is 28.3 Å². The predicted molar refractivity (Wildman–Crippen MR) is 108 cm³/mol. The molecule has 5 nitrogen and oxygen atoms in total. The van der Waals surface area contributed by atoms with Crippen LogP contribution in [0, 0.1) is 5.92 Å². The largest absolute Gasteiger partial charge is 0.355 e. The molecule has 2 aromatic rings. The van der Waals surface area contributed by atoms with E-state index in [4.69, 9.17) is 4.98 Å². The van der Waals surface area contributed by atoms with Gasteiger partial charge in [0.15, 0.2) is 5.82 Å². The van der Waals surface area contributed by atoms with E-state index < -0.39 is 0 Å². The highest BCUT2D eigenvalue weighted by atomic mass is 15.3. The van der Waals surface area contributed by atoms with Crippen LogP contribution in [0.15, 0.2) is 24.4 Å². The lowest BCUT2D eigenvalue weighted by atomic mass is 9.93. The van der Waals surface area contributed by atoms with Gasteiger partial charge in [0.2, 0.25) is 5.95 Å². The Hall–Kier alpha value is -2.17. The first-order valence-corrected chi connectivity index (χ1v) is 9.80. The van der Waals surface area contributed by atoms with Crippen LogP contribution in [0.25, 0.3) is 0 Å². The Morgan fingerprint density at radius 2 is 1.65 bits per heavy atom. The number of rotatable bonds is 5. The molecule has 1 aliphatic rings. The van der Waals surface area contributed by atoms with Crippen LogP contribution < -0.4 is 10.2 Å². The van der Waals surface area contributed by atoms with Crippen LogP contribution in [0.1, 0.15) is 70.4 Å². The van der Waals surface area contributed by atoms with E-state index in [2.05, 4.69) is 73.2 Å². The highest BCUT2D eigenvalue weighted by Gasteiger charge is 2.19. The Morgan fingerprint density at radius 1 is 1.04 bits per heavy atom. The lowest BCUT2D eigenvalue weighted by Gasteiger charge is -2.30. The summed E-state index contributed by atoms with van der Waals surface area (Å²) in [6.07, 6.45) is 4.19. The molecule has 1 saturated heterocycles. The molecule has 1 aromatic heterocycles. The van der Waals surface area contributed by atoms with E-state index in [1.165, 1.54) is 24.0 Å². The van der Waals surface area contributed by atoms with Gasteiger partial charge >= 0.3 is 0 Å². The Morgan fingerprint density at radius 3 is 2.23 bits per heavy atom. The van der Waals surface area contributed by atoms with E-state index in [9.17, 15) is 0 Å². The van der Waals surface area contributed by atoms with Gasteiger partial charge in [-0.25, -0.2) is 0 Å². The van der Waals surface area contributed by atoms with Gasteiger partial charge in [-0.3, -0.25) is 0 Å². The second-order valence-electron chi connectivity index (χ2n) is 8.05. The maximum absolute atomic E-state index is 4.76. The standard InChI is InChI=1S/C21H31N5/c1-14(2)17-7-6-8-18(15(3)4)20(17)24-21-23-19(13-22-25-21)26-11-9-16(5)10-12-26/h6-8,13-16H,9-12H2,1-5H3,(H,23,24,25). The van der Waals surface area contributed by atoms with E-state index in [0.717, 1.165) is 30.5 Å². The molecule has 0 amide bonds. The summed E-state index contributed by atoms with van der Waals surface area (Å²) in [7, 11) is 0. The fourth-order valence-electron chi connectivity index (χ4n) is 3.55. The number of anilines is 3. The number of nitrogens with zero attached hydrogens (tertiary/aromatic N) is 4. The predicted octanol–water partition coefficient (Wildman–Crippen LogP) is 5.10. The third kappa shape index (κ3) is 4.14.